The summed E-state index contributed by atoms with van der Waals surface area (Å²) in [5, 5.41) is 2.53. The number of rotatable bonds is 9. The fraction of sp³-hybridized carbons (Fsp3) is 0.556. The van der Waals surface area contributed by atoms with Crippen molar-refractivity contribution in [3.05, 3.63) is 29.6 Å². The van der Waals surface area contributed by atoms with Gasteiger partial charge in [0.1, 0.15) is 19.3 Å². The molecule has 0 aliphatic rings. The van der Waals surface area contributed by atoms with Crippen molar-refractivity contribution in [3.8, 4) is 0 Å². The summed E-state index contributed by atoms with van der Waals surface area (Å²) in [5.41, 5.74) is 0.784. The second kappa shape index (κ2) is 10.4. The van der Waals surface area contributed by atoms with Crippen LogP contribution in [0.25, 0.3) is 0 Å². The van der Waals surface area contributed by atoms with Crippen LogP contribution < -0.4 is 5.32 Å². The highest BCUT2D eigenvalue weighted by Crippen LogP contribution is 2.13. The van der Waals surface area contributed by atoms with E-state index < -0.39 is 17.8 Å². The Balaban J connectivity index is 2.54. The zero-order chi connectivity index (χ0) is 18.8. The highest BCUT2D eigenvalue weighted by Gasteiger charge is 2.18. The van der Waals surface area contributed by atoms with Crippen molar-refractivity contribution in [2.24, 2.45) is 5.92 Å². The van der Waals surface area contributed by atoms with Crippen LogP contribution in [0.3, 0.4) is 0 Å². The maximum Gasteiger partial charge on any atom is 0.325 e. The van der Waals surface area contributed by atoms with E-state index in [0.717, 1.165) is 12.8 Å². The number of aromatic nitrogens is 1. The van der Waals surface area contributed by atoms with Gasteiger partial charge < -0.3 is 14.8 Å². The summed E-state index contributed by atoms with van der Waals surface area (Å²) in [7, 11) is 0. The number of carbonyl (C=O) groups is 3. The average molecular weight is 350 g/mol. The third-order valence-corrected chi connectivity index (χ3v) is 3.49. The maximum atomic E-state index is 12.1. The predicted octanol–water partition coefficient (Wildman–Crippen LogP) is 2.24. The molecule has 1 aromatic heterocycles. The maximum absolute atomic E-state index is 12.1. The fourth-order valence-electron chi connectivity index (χ4n) is 2.15. The minimum atomic E-state index is -0.463. The van der Waals surface area contributed by atoms with Gasteiger partial charge in [0.15, 0.2) is 0 Å². The van der Waals surface area contributed by atoms with Crippen LogP contribution >= 0.6 is 0 Å². The van der Waals surface area contributed by atoms with Crippen molar-refractivity contribution in [3.63, 3.8) is 0 Å². The zero-order valence-electron chi connectivity index (χ0n) is 15.2. The van der Waals surface area contributed by atoms with Crippen molar-refractivity contribution in [2.75, 3.05) is 6.54 Å². The summed E-state index contributed by atoms with van der Waals surface area (Å²) in [6.45, 7) is 7.10. The third-order valence-electron chi connectivity index (χ3n) is 3.49. The van der Waals surface area contributed by atoms with E-state index in [1.807, 2.05) is 20.8 Å². The smallest absolute Gasteiger partial charge is 0.325 e. The molecule has 1 N–H and O–H groups in total. The van der Waals surface area contributed by atoms with Gasteiger partial charge in [-0.2, -0.15) is 0 Å². The predicted molar refractivity (Wildman–Crippen MR) is 91.7 cm³/mol. The van der Waals surface area contributed by atoms with Gasteiger partial charge in [0.05, 0.1) is 5.69 Å². The Bertz CT molecular complexity index is 601. The lowest BCUT2D eigenvalue weighted by Gasteiger charge is -2.20. The highest BCUT2D eigenvalue weighted by atomic mass is 16.5. The first-order valence-corrected chi connectivity index (χ1v) is 8.39. The van der Waals surface area contributed by atoms with Gasteiger partial charge in [0.25, 0.3) is 5.91 Å². The number of nitrogens with zero attached hydrogens (tertiary/aromatic N) is 1. The molecule has 0 fully saturated rings. The van der Waals surface area contributed by atoms with Gasteiger partial charge in [-0.15, -0.1) is 0 Å². The monoisotopic (exact) mass is 350 g/mol. The number of ether oxygens (including phenoxy) is 2. The molecule has 0 bridgehead atoms. The van der Waals surface area contributed by atoms with Crippen LogP contribution in [0.1, 0.15) is 56.6 Å². The molecule has 0 saturated heterocycles. The average Bonchev–Trinajstić information content (AvgIpc) is 2.57. The van der Waals surface area contributed by atoms with Crippen LogP contribution in [0.5, 0.6) is 0 Å². The molecule has 7 nitrogen and oxygen atoms in total. The molecule has 1 aromatic rings. The van der Waals surface area contributed by atoms with E-state index in [1.54, 1.807) is 0 Å². The summed E-state index contributed by atoms with van der Waals surface area (Å²) in [6.07, 6.45) is 3.01. The van der Waals surface area contributed by atoms with Crippen molar-refractivity contribution in [2.45, 2.75) is 53.2 Å². The van der Waals surface area contributed by atoms with E-state index in [4.69, 9.17) is 9.47 Å². The fourth-order valence-corrected chi connectivity index (χ4v) is 2.15. The minimum Gasteiger partial charge on any atom is -0.461 e. The van der Waals surface area contributed by atoms with E-state index in [0.29, 0.717) is 11.3 Å². The number of nitrogens with one attached hydrogen (secondary N) is 1. The Morgan fingerprint density at radius 3 is 2.60 bits per heavy atom. The molecule has 0 radical (unpaired) electrons. The quantitative estimate of drug-likeness (QED) is 0.686. The molecule has 0 aromatic carbocycles. The van der Waals surface area contributed by atoms with E-state index in [-0.39, 0.29) is 25.2 Å². The van der Waals surface area contributed by atoms with Crippen LogP contribution in [-0.4, -0.2) is 35.5 Å². The van der Waals surface area contributed by atoms with E-state index in [2.05, 4.69) is 10.3 Å². The number of amides is 1. The molecule has 0 aliphatic heterocycles. The first-order valence-electron chi connectivity index (χ1n) is 8.39. The zero-order valence-corrected chi connectivity index (χ0v) is 15.2. The summed E-state index contributed by atoms with van der Waals surface area (Å²) in [6, 6.07) is 3.03. The Hall–Kier alpha value is -2.44. The topological polar surface area (TPSA) is 94.6 Å². The number of hydrogen-bond donors (Lipinski definition) is 1. The molecular formula is C18H26N2O5. The van der Waals surface area contributed by atoms with Crippen molar-refractivity contribution >= 4 is 17.8 Å². The molecule has 0 spiro atoms. The van der Waals surface area contributed by atoms with Crippen molar-refractivity contribution in [1.82, 2.24) is 10.3 Å². The van der Waals surface area contributed by atoms with Gasteiger partial charge in [-0.3, -0.25) is 19.4 Å². The van der Waals surface area contributed by atoms with E-state index in [9.17, 15) is 14.4 Å². The molecule has 138 valence electrons. The van der Waals surface area contributed by atoms with Crippen LogP contribution in [0.4, 0.5) is 0 Å². The van der Waals surface area contributed by atoms with E-state index in [1.165, 1.54) is 25.3 Å². The van der Waals surface area contributed by atoms with Gasteiger partial charge >= 0.3 is 11.9 Å². The molecular weight excluding hydrogens is 324 g/mol. The molecule has 1 amide bonds. The summed E-state index contributed by atoms with van der Waals surface area (Å²) >= 11 is 0. The normalized spacial score (nSPS) is 11.7. The summed E-state index contributed by atoms with van der Waals surface area (Å²) < 4.78 is 10.2. The van der Waals surface area contributed by atoms with Crippen LogP contribution in [0.2, 0.25) is 0 Å². The first-order chi connectivity index (χ1) is 11.8. The van der Waals surface area contributed by atoms with Gasteiger partial charge in [0, 0.05) is 18.7 Å². The number of pyridine rings is 1. The lowest BCUT2D eigenvalue weighted by molar-refractivity contribution is -0.150. The van der Waals surface area contributed by atoms with Gasteiger partial charge in [0.2, 0.25) is 0 Å². The highest BCUT2D eigenvalue weighted by molar-refractivity contribution is 5.95. The standard InChI is InChI=1S/C18H26N2O5/c1-5-6-16(12(2)3)25-17(22)10-20-18(23)14-7-8-19-15(9-14)11-24-13(4)21/h7-9,12,16H,5-6,10-11H2,1-4H3,(H,20,23). The summed E-state index contributed by atoms with van der Waals surface area (Å²) in [5.74, 6) is -1.08. The number of carbonyl (C=O) groups excluding carboxylic acids is 3. The number of esters is 2. The Morgan fingerprint density at radius 1 is 1.28 bits per heavy atom. The van der Waals surface area contributed by atoms with Crippen LogP contribution in [0, 0.1) is 5.92 Å². The molecule has 1 atom stereocenters. The second-order valence-electron chi connectivity index (χ2n) is 6.06. The van der Waals surface area contributed by atoms with Gasteiger partial charge in [-0.1, -0.05) is 27.2 Å². The minimum absolute atomic E-state index is 0.00835. The Morgan fingerprint density at radius 2 is 2.00 bits per heavy atom. The first kappa shape index (κ1) is 20.6. The third kappa shape index (κ3) is 7.78. The lowest BCUT2D eigenvalue weighted by atomic mass is 10.0. The van der Waals surface area contributed by atoms with Gasteiger partial charge in [-0.05, 0) is 24.5 Å². The van der Waals surface area contributed by atoms with Crippen molar-refractivity contribution in [1.29, 1.82) is 0 Å². The van der Waals surface area contributed by atoms with Crippen LogP contribution in [0.15, 0.2) is 18.3 Å². The Kier molecular flexibility index (Phi) is 8.60. The molecule has 1 heterocycles. The molecule has 0 aliphatic carbocycles. The van der Waals surface area contributed by atoms with Crippen molar-refractivity contribution < 1.29 is 23.9 Å². The second-order valence-corrected chi connectivity index (χ2v) is 6.06. The SMILES string of the molecule is CCCC(OC(=O)CNC(=O)c1ccnc(COC(C)=O)c1)C(C)C. The molecule has 0 saturated carbocycles. The molecule has 25 heavy (non-hydrogen) atoms. The molecule has 1 rings (SSSR count). The van der Waals surface area contributed by atoms with Crippen LogP contribution in [-0.2, 0) is 25.7 Å². The largest absolute Gasteiger partial charge is 0.461 e. The Labute approximate surface area is 148 Å². The number of hydrogen-bond acceptors (Lipinski definition) is 6. The lowest BCUT2D eigenvalue weighted by Crippen LogP contribution is -2.34. The summed E-state index contributed by atoms with van der Waals surface area (Å²) in [4.78, 5) is 38.9. The molecule has 1 unspecified atom stereocenters. The van der Waals surface area contributed by atoms with Gasteiger partial charge in [-0.25, -0.2) is 0 Å². The molecule has 7 heteroatoms. The van der Waals surface area contributed by atoms with E-state index >= 15 is 0 Å².